The van der Waals surface area contributed by atoms with Crippen LogP contribution in [0, 0.1) is 0 Å². The zero-order valence-corrected chi connectivity index (χ0v) is 11.0. The lowest BCUT2D eigenvalue weighted by Crippen LogP contribution is -2.43. The molecule has 0 bridgehead atoms. The quantitative estimate of drug-likeness (QED) is 0.890. The standard InChI is InChI=1S/C15H22N2O/c1-12-7-5-6-10-17(12)15(18)11-14(16)13-8-3-2-4-9-13/h2-4,8-9,12,14H,5-7,10-11,16H2,1H3. The Balaban J connectivity index is 1.94. The van der Waals surface area contributed by atoms with Crippen molar-refractivity contribution in [2.45, 2.75) is 44.7 Å². The van der Waals surface area contributed by atoms with Crippen LogP contribution in [0.4, 0.5) is 0 Å². The van der Waals surface area contributed by atoms with Gasteiger partial charge in [0, 0.05) is 25.0 Å². The van der Waals surface area contributed by atoms with Gasteiger partial charge in [0.25, 0.3) is 0 Å². The van der Waals surface area contributed by atoms with Gasteiger partial charge in [-0.1, -0.05) is 30.3 Å². The Bertz CT molecular complexity index is 391. The summed E-state index contributed by atoms with van der Waals surface area (Å²) in [6.45, 7) is 3.02. The molecule has 1 fully saturated rings. The van der Waals surface area contributed by atoms with Crippen molar-refractivity contribution in [3.8, 4) is 0 Å². The normalized spacial score (nSPS) is 21.7. The number of likely N-dealkylation sites (tertiary alicyclic amines) is 1. The van der Waals surface area contributed by atoms with E-state index in [9.17, 15) is 4.79 Å². The van der Waals surface area contributed by atoms with Gasteiger partial charge < -0.3 is 10.6 Å². The molecule has 1 saturated heterocycles. The number of nitrogens with two attached hydrogens (primary N) is 1. The molecule has 3 nitrogen and oxygen atoms in total. The van der Waals surface area contributed by atoms with Gasteiger partial charge in [-0.2, -0.15) is 0 Å². The highest BCUT2D eigenvalue weighted by Crippen LogP contribution is 2.20. The van der Waals surface area contributed by atoms with Crippen LogP contribution in [0.15, 0.2) is 30.3 Å². The minimum absolute atomic E-state index is 0.187. The molecule has 2 atom stereocenters. The van der Waals surface area contributed by atoms with Crippen molar-refractivity contribution in [1.29, 1.82) is 0 Å². The van der Waals surface area contributed by atoms with E-state index in [1.165, 1.54) is 6.42 Å². The number of amides is 1. The molecule has 1 aromatic rings. The molecule has 1 heterocycles. The number of piperidine rings is 1. The third-order valence-electron chi connectivity index (χ3n) is 3.75. The SMILES string of the molecule is CC1CCCCN1C(=O)CC(N)c1ccccc1. The third-order valence-corrected chi connectivity index (χ3v) is 3.75. The maximum absolute atomic E-state index is 12.2. The summed E-state index contributed by atoms with van der Waals surface area (Å²) in [4.78, 5) is 14.2. The number of carbonyl (C=O) groups excluding carboxylic acids is 1. The predicted octanol–water partition coefficient (Wildman–Crippen LogP) is 2.48. The van der Waals surface area contributed by atoms with Crippen molar-refractivity contribution in [1.82, 2.24) is 4.90 Å². The first-order valence-electron chi connectivity index (χ1n) is 6.78. The zero-order chi connectivity index (χ0) is 13.0. The van der Waals surface area contributed by atoms with E-state index in [2.05, 4.69) is 6.92 Å². The van der Waals surface area contributed by atoms with Gasteiger partial charge >= 0.3 is 0 Å². The maximum atomic E-state index is 12.2. The monoisotopic (exact) mass is 246 g/mol. The summed E-state index contributed by atoms with van der Waals surface area (Å²) >= 11 is 0. The number of hydrogen-bond acceptors (Lipinski definition) is 2. The Morgan fingerprint density at radius 1 is 1.39 bits per heavy atom. The molecule has 98 valence electrons. The van der Waals surface area contributed by atoms with Gasteiger partial charge in [0.2, 0.25) is 5.91 Å². The molecule has 2 N–H and O–H groups in total. The maximum Gasteiger partial charge on any atom is 0.224 e. The molecule has 2 rings (SSSR count). The van der Waals surface area contributed by atoms with E-state index in [1.807, 2.05) is 35.2 Å². The van der Waals surface area contributed by atoms with Gasteiger partial charge in [0.1, 0.15) is 0 Å². The Hall–Kier alpha value is -1.35. The summed E-state index contributed by atoms with van der Waals surface area (Å²) in [6, 6.07) is 10.0. The smallest absolute Gasteiger partial charge is 0.224 e. The van der Waals surface area contributed by atoms with Crippen molar-refractivity contribution in [3.05, 3.63) is 35.9 Å². The average Bonchev–Trinajstić information content (AvgIpc) is 2.40. The Morgan fingerprint density at radius 2 is 2.11 bits per heavy atom. The molecular weight excluding hydrogens is 224 g/mol. The highest BCUT2D eigenvalue weighted by atomic mass is 16.2. The van der Waals surface area contributed by atoms with Gasteiger partial charge in [0.05, 0.1) is 0 Å². The minimum atomic E-state index is -0.187. The van der Waals surface area contributed by atoms with Crippen LogP contribution in [0.25, 0.3) is 0 Å². The lowest BCUT2D eigenvalue weighted by Gasteiger charge is -2.34. The van der Waals surface area contributed by atoms with Crippen LogP contribution in [0.2, 0.25) is 0 Å². The van der Waals surface area contributed by atoms with Crippen LogP contribution in [0.5, 0.6) is 0 Å². The first kappa shape index (κ1) is 13.1. The van der Waals surface area contributed by atoms with Gasteiger partial charge in [-0.15, -0.1) is 0 Å². The summed E-state index contributed by atoms with van der Waals surface area (Å²) in [5.41, 5.74) is 7.14. The van der Waals surface area contributed by atoms with Gasteiger partial charge in [-0.05, 0) is 31.7 Å². The first-order chi connectivity index (χ1) is 8.68. The molecule has 1 aromatic carbocycles. The van der Waals surface area contributed by atoms with Gasteiger partial charge in [-0.3, -0.25) is 4.79 Å². The lowest BCUT2D eigenvalue weighted by atomic mass is 10.0. The molecule has 3 heteroatoms. The summed E-state index contributed by atoms with van der Waals surface area (Å²) in [7, 11) is 0. The molecule has 0 aromatic heterocycles. The lowest BCUT2D eigenvalue weighted by molar-refractivity contribution is -0.134. The Labute approximate surface area is 109 Å². The van der Waals surface area contributed by atoms with Crippen LogP contribution in [-0.4, -0.2) is 23.4 Å². The molecule has 0 spiro atoms. The second kappa shape index (κ2) is 6.01. The number of nitrogens with zero attached hydrogens (tertiary/aromatic N) is 1. The van der Waals surface area contributed by atoms with E-state index in [0.29, 0.717) is 12.5 Å². The summed E-state index contributed by atoms with van der Waals surface area (Å²) < 4.78 is 0. The van der Waals surface area contributed by atoms with E-state index in [4.69, 9.17) is 5.73 Å². The largest absolute Gasteiger partial charge is 0.340 e. The number of hydrogen-bond donors (Lipinski definition) is 1. The molecular formula is C15H22N2O. The third kappa shape index (κ3) is 3.10. The molecule has 1 amide bonds. The highest BCUT2D eigenvalue weighted by Gasteiger charge is 2.24. The van der Waals surface area contributed by atoms with Crippen LogP contribution in [0.3, 0.4) is 0 Å². The van der Waals surface area contributed by atoms with Gasteiger partial charge in [-0.25, -0.2) is 0 Å². The molecule has 2 unspecified atom stereocenters. The van der Waals surface area contributed by atoms with Crippen molar-refractivity contribution in [2.75, 3.05) is 6.54 Å². The minimum Gasteiger partial charge on any atom is -0.340 e. The van der Waals surface area contributed by atoms with E-state index >= 15 is 0 Å². The van der Waals surface area contributed by atoms with Crippen LogP contribution < -0.4 is 5.73 Å². The molecule has 0 aliphatic carbocycles. The molecule has 18 heavy (non-hydrogen) atoms. The fourth-order valence-corrected chi connectivity index (χ4v) is 2.59. The van der Waals surface area contributed by atoms with E-state index in [-0.39, 0.29) is 11.9 Å². The predicted molar refractivity (Wildman–Crippen MR) is 73.0 cm³/mol. The van der Waals surface area contributed by atoms with E-state index < -0.39 is 0 Å². The van der Waals surface area contributed by atoms with Crippen molar-refractivity contribution in [2.24, 2.45) is 5.73 Å². The van der Waals surface area contributed by atoms with Crippen molar-refractivity contribution in [3.63, 3.8) is 0 Å². The van der Waals surface area contributed by atoms with Crippen LogP contribution in [0.1, 0.15) is 44.2 Å². The second-order valence-corrected chi connectivity index (χ2v) is 5.15. The zero-order valence-electron chi connectivity index (χ0n) is 11.0. The molecule has 0 radical (unpaired) electrons. The average molecular weight is 246 g/mol. The molecule has 1 aliphatic heterocycles. The topological polar surface area (TPSA) is 46.3 Å². The summed E-state index contributed by atoms with van der Waals surface area (Å²) in [5, 5.41) is 0. The number of carbonyl (C=O) groups is 1. The van der Waals surface area contributed by atoms with Crippen molar-refractivity contribution >= 4 is 5.91 Å². The Morgan fingerprint density at radius 3 is 2.78 bits per heavy atom. The summed E-state index contributed by atoms with van der Waals surface area (Å²) in [6.07, 6.45) is 3.88. The van der Waals surface area contributed by atoms with Gasteiger partial charge in [0.15, 0.2) is 0 Å². The van der Waals surface area contributed by atoms with E-state index in [0.717, 1.165) is 24.9 Å². The van der Waals surface area contributed by atoms with E-state index in [1.54, 1.807) is 0 Å². The second-order valence-electron chi connectivity index (χ2n) is 5.15. The summed E-state index contributed by atoms with van der Waals surface area (Å²) in [5.74, 6) is 0.193. The Kier molecular flexibility index (Phi) is 4.37. The fourth-order valence-electron chi connectivity index (χ4n) is 2.59. The number of rotatable bonds is 3. The number of benzene rings is 1. The molecule has 0 saturated carbocycles. The molecule has 1 aliphatic rings. The van der Waals surface area contributed by atoms with Crippen molar-refractivity contribution < 1.29 is 4.79 Å². The van der Waals surface area contributed by atoms with Crippen LogP contribution >= 0.6 is 0 Å². The highest BCUT2D eigenvalue weighted by molar-refractivity contribution is 5.77. The first-order valence-corrected chi connectivity index (χ1v) is 6.78. The van der Waals surface area contributed by atoms with Crippen LogP contribution in [-0.2, 0) is 4.79 Å². The fraction of sp³-hybridized carbons (Fsp3) is 0.533.